The lowest BCUT2D eigenvalue weighted by atomic mass is 10.0. The van der Waals surface area contributed by atoms with Crippen LogP contribution in [0, 0.1) is 0 Å². The van der Waals surface area contributed by atoms with E-state index >= 15 is 0 Å². The van der Waals surface area contributed by atoms with Crippen molar-refractivity contribution in [3.05, 3.63) is 24.3 Å². The minimum absolute atomic E-state index is 0.0339. The fourth-order valence-electron chi connectivity index (χ4n) is 1.90. The van der Waals surface area contributed by atoms with Crippen molar-refractivity contribution in [3.8, 4) is 0 Å². The molecule has 1 saturated heterocycles. The Morgan fingerprint density at radius 2 is 2.00 bits per heavy atom. The third-order valence-electron chi connectivity index (χ3n) is 3.11. The summed E-state index contributed by atoms with van der Waals surface area (Å²) in [7, 11) is 0. The van der Waals surface area contributed by atoms with Gasteiger partial charge in [0.25, 0.3) is 0 Å². The van der Waals surface area contributed by atoms with E-state index in [0.717, 1.165) is 26.3 Å². The first-order chi connectivity index (χ1) is 8.56. The van der Waals surface area contributed by atoms with Gasteiger partial charge >= 0.3 is 0 Å². The number of nitrogens with one attached hydrogen (secondary N) is 1. The molecule has 0 bridgehead atoms. The fourth-order valence-corrected chi connectivity index (χ4v) is 1.90. The molecule has 0 aliphatic carbocycles. The molecule has 0 spiro atoms. The molecule has 1 rings (SSSR count). The number of hydrogen-bond acceptors (Lipinski definition) is 3. The van der Waals surface area contributed by atoms with Crippen LogP contribution in [0.1, 0.15) is 20.8 Å². The summed E-state index contributed by atoms with van der Waals surface area (Å²) < 4.78 is 5.34. The molecule has 18 heavy (non-hydrogen) atoms. The minimum atomic E-state index is -0.0468. The van der Waals surface area contributed by atoms with E-state index < -0.39 is 0 Å². The SMILES string of the molecule is CC=CC=CC(=O)NCC(C)(C)N1CCOCC1. The number of ether oxygens (including phenoxy) is 1. The van der Waals surface area contributed by atoms with Crippen LogP contribution < -0.4 is 5.32 Å². The summed E-state index contributed by atoms with van der Waals surface area (Å²) in [6.45, 7) is 10.3. The topological polar surface area (TPSA) is 41.6 Å². The first-order valence-electron chi connectivity index (χ1n) is 6.46. The van der Waals surface area contributed by atoms with Crippen LogP contribution >= 0.6 is 0 Å². The molecule has 1 N–H and O–H groups in total. The molecule has 1 amide bonds. The minimum Gasteiger partial charge on any atom is -0.379 e. The third kappa shape index (κ3) is 5.02. The molecular weight excluding hydrogens is 228 g/mol. The van der Waals surface area contributed by atoms with Gasteiger partial charge in [-0.2, -0.15) is 0 Å². The molecule has 1 aliphatic heterocycles. The number of carbonyl (C=O) groups excluding carboxylic acids is 1. The van der Waals surface area contributed by atoms with E-state index in [2.05, 4.69) is 24.1 Å². The highest BCUT2D eigenvalue weighted by molar-refractivity contribution is 5.87. The number of hydrogen-bond donors (Lipinski definition) is 1. The van der Waals surface area contributed by atoms with Gasteiger partial charge in [0.1, 0.15) is 0 Å². The molecule has 4 heteroatoms. The van der Waals surface area contributed by atoms with E-state index in [-0.39, 0.29) is 11.4 Å². The molecule has 0 radical (unpaired) electrons. The summed E-state index contributed by atoms with van der Waals surface area (Å²) in [6.07, 6.45) is 7.03. The van der Waals surface area contributed by atoms with Gasteiger partial charge < -0.3 is 10.1 Å². The predicted octanol–water partition coefficient (Wildman–Crippen LogP) is 1.35. The Kier molecular flexibility index (Phi) is 6.09. The Labute approximate surface area is 110 Å². The number of carbonyl (C=O) groups is 1. The molecule has 0 aromatic carbocycles. The van der Waals surface area contributed by atoms with E-state index in [9.17, 15) is 4.79 Å². The highest BCUT2D eigenvalue weighted by Gasteiger charge is 2.28. The van der Waals surface area contributed by atoms with Gasteiger partial charge in [-0.3, -0.25) is 9.69 Å². The highest BCUT2D eigenvalue weighted by Crippen LogP contribution is 2.14. The van der Waals surface area contributed by atoms with Gasteiger partial charge in [-0.1, -0.05) is 18.2 Å². The molecule has 4 nitrogen and oxygen atoms in total. The summed E-state index contributed by atoms with van der Waals surface area (Å²) in [6, 6.07) is 0. The van der Waals surface area contributed by atoms with E-state index in [4.69, 9.17) is 4.74 Å². The molecule has 1 aliphatic rings. The molecule has 0 aromatic heterocycles. The predicted molar refractivity (Wildman–Crippen MR) is 73.4 cm³/mol. The van der Waals surface area contributed by atoms with E-state index in [1.807, 2.05) is 19.1 Å². The molecule has 0 aromatic rings. The quantitative estimate of drug-likeness (QED) is 0.593. The average molecular weight is 252 g/mol. The van der Waals surface area contributed by atoms with Crippen molar-refractivity contribution in [1.29, 1.82) is 0 Å². The second-order valence-corrected chi connectivity index (χ2v) is 5.01. The lowest BCUT2D eigenvalue weighted by Gasteiger charge is -2.40. The van der Waals surface area contributed by atoms with Crippen LogP contribution in [0.5, 0.6) is 0 Å². The zero-order valence-electron chi connectivity index (χ0n) is 11.6. The van der Waals surface area contributed by atoms with Crippen molar-refractivity contribution >= 4 is 5.91 Å². The number of allylic oxidation sites excluding steroid dienone is 3. The van der Waals surface area contributed by atoms with E-state index in [0.29, 0.717) is 6.54 Å². The van der Waals surface area contributed by atoms with Crippen molar-refractivity contribution < 1.29 is 9.53 Å². The summed E-state index contributed by atoms with van der Waals surface area (Å²) in [5, 5.41) is 2.94. The van der Waals surface area contributed by atoms with Crippen molar-refractivity contribution in [2.24, 2.45) is 0 Å². The van der Waals surface area contributed by atoms with Gasteiger partial charge in [0, 0.05) is 31.2 Å². The van der Waals surface area contributed by atoms with Gasteiger partial charge in [-0.15, -0.1) is 0 Å². The first kappa shape index (κ1) is 14.9. The van der Waals surface area contributed by atoms with Crippen LogP contribution in [0.3, 0.4) is 0 Å². The molecule has 0 saturated carbocycles. The van der Waals surface area contributed by atoms with Crippen LogP contribution in [-0.2, 0) is 9.53 Å². The lowest BCUT2D eigenvalue weighted by molar-refractivity contribution is -0.117. The lowest BCUT2D eigenvalue weighted by Crippen LogP contribution is -2.55. The maximum Gasteiger partial charge on any atom is 0.244 e. The van der Waals surface area contributed by atoms with Crippen LogP contribution in [0.4, 0.5) is 0 Å². The molecular formula is C14H24N2O2. The Hall–Kier alpha value is -1.13. The maximum atomic E-state index is 11.6. The Morgan fingerprint density at radius 3 is 2.61 bits per heavy atom. The van der Waals surface area contributed by atoms with E-state index in [1.54, 1.807) is 12.2 Å². The van der Waals surface area contributed by atoms with Gasteiger partial charge in [0.15, 0.2) is 0 Å². The van der Waals surface area contributed by atoms with Crippen LogP contribution in [0.15, 0.2) is 24.3 Å². The number of amides is 1. The van der Waals surface area contributed by atoms with Gasteiger partial charge in [0.05, 0.1) is 13.2 Å². The Bertz CT molecular complexity index is 316. The van der Waals surface area contributed by atoms with Crippen molar-refractivity contribution in [1.82, 2.24) is 10.2 Å². The zero-order valence-corrected chi connectivity index (χ0v) is 11.6. The average Bonchev–Trinajstić information content (AvgIpc) is 2.38. The monoisotopic (exact) mass is 252 g/mol. The van der Waals surface area contributed by atoms with Gasteiger partial charge in [-0.05, 0) is 20.8 Å². The number of nitrogens with zero attached hydrogens (tertiary/aromatic N) is 1. The summed E-state index contributed by atoms with van der Waals surface area (Å²) in [4.78, 5) is 13.9. The second kappa shape index (κ2) is 7.34. The van der Waals surface area contributed by atoms with Gasteiger partial charge in [-0.25, -0.2) is 0 Å². The fraction of sp³-hybridized carbons (Fsp3) is 0.643. The smallest absolute Gasteiger partial charge is 0.244 e. The zero-order chi connectivity index (χ0) is 13.4. The van der Waals surface area contributed by atoms with Gasteiger partial charge in [0.2, 0.25) is 5.91 Å². The Balaban J connectivity index is 2.38. The molecule has 1 fully saturated rings. The largest absolute Gasteiger partial charge is 0.379 e. The maximum absolute atomic E-state index is 11.6. The van der Waals surface area contributed by atoms with Crippen LogP contribution in [0.2, 0.25) is 0 Å². The molecule has 0 atom stereocenters. The number of morpholine rings is 1. The van der Waals surface area contributed by atoms with Crippen LogP contribution in [0.25, 0.3) is 0 Å². The standard InChI is InChI=1S/C14H24N2O2/c1-4-5-6-7-13(17)15-12-14(2,3)16-8-10-18-11-9-16/h4-7H,8-12H2,1-3H3,(H,15,17). The second-order valence-electron chi connectivity index (χ2n) is 5.01. The molecule has 0 unspecified atom stereocenters. The molecule has 102 valence electrons. The normalized spacial score (nSPS) is 18.6. The summed E-state index contributed by atoms with van der Waals surface area (Å²) >= 11 is 0. The van der Waals surface area contributed by atoms with Crippen molar-refractivity contribution in [2.75, 3.05) is 32.8 Å². The first-order valence-corrected chi connectivity index (χ1v) is 6.46. The summed E-state index contributed by atoms with van der Waals surface area (Å²) in [5.74, 6) is -0.0468. The van der Waals surface area contributed by atoms with Crippen LogP contribution in [-0.4, -0.2) is 49.2 Å². The highest BCUT2D eigenvalue weighted by atomic mass is 16.5. The summed E-state index contributed by atoms with van der Waals surface area (Å²) in [5.41, 5.74) is -0.0339. The Morgan fingerprint density at radius 1 is 1.33 bits per heavy atom. The third-order valence-corrected chi connectivity index (χ3v) is 3.11. The number of rotatable bonds is 5. The molecule has 1 heterocycles. The van der Waals surface area contributed by atoms with E-state index in [1.165, 1.54) is 0 Å². The van der Waals surface area contributed by atoms with Crippen molar-refractivity contribution in [2.45, 2.75) is 26.3 Å². The van der Waals surface area contributed by atoms with Crippen molar-refractivity contribution in [3.63, 3.8) is 0 Å².